The summed E-state index contributed by atoms with van der Waals surface area (Å²) in [6.45, 7) is 1.93. The van der Waals surface area contributed by atoms with Crippen molar-refractivity contribution in [3.63, 3.8) is 0 Å². The number of imide groups is 1. The van der Waals surface area contributed by atoms with Crippen LogP contribution in [0, 0.1) is 5.82 Å². The Morgan fingerprint density at radius 3 is 2.59 bits per heavy atom. The highest BCUT2D eigenvalue weighted by Gasteiger charge is 2.40. The molecule has 1 aromatic carbocycles. The summed E-state index contributed by atoms with van der Waals surface area (Å²) in [7, 11) is 0. The van der Waals surface area contributed by atoms with Crippen LogP contribution in [0.25, 0.3) is 0 Å². The third kappa shape index (κ3) is 3.39. The lowest BCUT2D eigenvalue weighted by molar-refractivity contribution is -0.136. The second kappa shape index (κ2) is 7.74. The summed E-state index contributed by atoms with van der Waals surface area (Å²) in [5, 5.41) is 8.71. The van der Waals surface area contributed by atoms with Crippen LogP contribution in [0.15, 0.2) is 24.4 Å². The maximum absolute atomic E-state index is 14.9. The number of piperazine rings is 1. The van der Waals surface area contributed by atoms with E-state index in [9.17, 15) is 23.6 Å². The van der Waals surface area contributed by atoms with Gasteiger partial charge in [-0.3, -0.25) is 29.6 Å². The molecule has 4 amide bonds. The normalized spacial score (nSPS) is 21.1. The number of anilines is 1. The Morgan fingerprint density at radius 2 is 1.91 bits per heavy atom. The first-order valence-corrected chi connectivity index (χ1v) is 10.4. The summed E-state index contributed by atoms with van der Waals surface area (Å²) in [4.78, 5) is 53.8. The zero-order chi connectivity index (χ0) is 22.4. The summed E-state index contributed by atoms with van der Waals surface area (Å²) in [5.41, 5.74) is 1.67. The highest BCUT2D eigenvalue weighted by atomic mass is 19.1. The second-order valence-corrected chi connectivity index (χ2v) is 8.11. The van der Waals surface area contributed by atoms with Crippen molar-refractivity contribution in [2.45, 2.75) is 25.4 Å². The lowest BCUT2D eigenvalue weighted by Gasteiger charge is -2.36. The van der Waals surface area contributed by atoms with Crippen molar-refractivity contribution < 1.29 is 23.6 Å². The summed E-state index contributed by atoms with van der Waals surface area (Å²) in [5.74, 6) is -1.93. The van der Waals surface area contributed by atoms with Gasteiger partial charge >= 0.3 is 0 Å². The SMILES string of the molecule is O=C1CCC(N2Cc3cc(N4CCN(C(=O)c5ccn[nH]5)CC4)c(F)cc3C2=O)C(=O)N1. The number of benzene rings is 1. The van der Waals surface area contributed by atoms with Crippen LogP contribution in [0.3, 0.4) is 0 Å². The van der Waals surface area contributed by atoms with Crippen molar-refractivity contribution in [1.82, 2.24) is 25.3 Å². The van der Waals surface area contributed by atoms with E-state index >= 15 is 0 Å². The molecule has 0 radical (unpaired) electrons. The van der Waals surface area contributed by atoms with Crippen LogP contribution in [-0.2, 0) is 16.1 Å². The van der Waals surface area contributed by atoms with Crippen LogP contribution >= 0.6 is 0 Å². The molecule has 32 heavy (non-hydrogen) atoms. The minimum atomic E-state index is -0.740. The Kier molecular flexibility index (Phi) is 4.87. The molecular weight excluding hydrogens is 419 g/mol. The molecule has 3 aliphatic rings. The average Bonchev–Trinajstić information content (AvgIpc) is 3.42. The zero-order valence-electron chi connectivity index (χ0n) is 17.1. The summed E-state index contributed by atoms with van der Waals surface area (Å²) in [6.07, 6.45) is 1.94. The van der Waals surface area contributed by atoms with Crippen molar-refractivity contribution >= 4 is 29.3 Å². The molecule has 10 nitrogen and oxygen atoms in total. The van der Waals surface area contributed by atoms with Crippen LogP contribution in [-0.4, -0.2) is 75.8 Å². The van der Waals surface area contributed by atoms with E-state index in [0.717, 1.165) is 0 Å². The molecule has 2 N–H and O–H groups in total. The van der Waals surface area contributed by atoms with Crippen LogP contribution in [0.1, 0.15) is 39.3 Å². The van der Waals surface area contributed by atoms with Gasteiger partial charge in [0, 0.05) is 50.9 Å². The van der Waals surface area contributed by atoms with Crippen LogP contribution < -0.4 is 10.2 Å². The number of H-pyrrole nitrogens is 1. The predicted octanol–water partition coefficient (Wildman–Crippen LogP) is 0.272. The quantitative estimate of drug-likeness (QED) is 0.662. The standard InChI is InChI=1S/C21H21FN6O4/c22-14-10-13-12(11-28(20(13)31)16-1-2-18(29)24-19(16)30)9-17(14)26-5-7-27(8-6-26)21(32)15-3-4-23-25-15/h3-4,9-10,16H,1-2,5-8,11H2,(H,23,25)(H,24,29,30). The average molecular weight is 440 g/mol. The molecule has 0 spiro atoms. The van der Waals surface area contributed by atoms with E-state index in [1.165, 1.54) is 17.2 Å². The lowest BCUT2D eigenvalue weighted by atomic mass is 10.0. The number of hydrogen-bond donors (Lipinski definition) is 2. The van der Waals surface area contributed by atoms with Crippen molar-refractivity contribution in [2.75, 3.05) is 31.1 Å². The van der Waals surface area contributed by atoms with E-state index in [-0.39, 0.29) is 36.8 Å². The molecule has 0 aliphatic carbocycles. The molecule has 166 valence electrons. The van der Waals surface area contributed by atoms with Gasteiger partial charge in [0.1, 0.15) is 17.6 Å². The number of rotatable bonds is 3. The van der Waals surface area contributed by atoms with E-state index in [1.807, 2.05) is 4.90 Å². The van der Waals surface area contributed by atoms with Gasteiger partial charge in [-0.25, -0.2) is 4.39 Å². The molecule has 4 heterocycles. The lowest BCUT2D eigenvalue weighted by Crippen LogP contribution is -2.52. The number of nitrogens with zero attached hydrogens (tertiary/aromatic N) is 4. The van der Waals surface area contributed by atoms with Crippen molar-refractivity contribution in [2.24, 2.45) is 0 Å². The Morgan fingerprint density at radius 1 is 1.12 bits per heavy atom. The highest BCUT2D eigenvalue weighted by Crippen LogP contribution is 2.33. The number of nitrogens with one attached hydrogen (secondary N) is 2. The van der Waals surface area contributed by atoms with Gasteiger partial charge in [-0.1, -0.05) is 0 Å². The number of carbonyl (C=O) groups excluding carboxylic acids is 4. The molecule has 0 bridgehead atoms. The molecule has 3 aliphatic heterocycles. The molecule has 1 unspecified atom stereocenters. The Balaban J connectivity index is 1.30. The molecule has 0 saturated carbocycles. The summed E-state index contributed by atoms with van der Waals surface area (Å²) < 4.78 is 14.9. The fourth-order valence-corrected chi connectivity index (χ4v) is 4.51. The van der Waals surface area contributed by atoms with E-state index < -0.39 is 23.7 Å². The second-order valence-electron chi connectivity index (χ2n) is 8.11. The zero-order valence-corrected chi connectivity index (χ0v) is 17.1. The molecule has 2 fully saturated rings. The van der Waals surface area contributed by atoms with E-state index in [0.29, 0.717) is 43.1 Å². The van der Waals surface area contributed by atoms with Gasteiger partial charge in [0.25, 0.3) is 11.8 Å². The number of carbonyl (C=O) groups is 4. The smallest absolute Gasteiger partial charge is 0.271 e. The predicted molar refractivity (Wildman–Crippen MR) is 109 cm³/mol. The number of fused-ring (bicyclic) bond motifs is 1. The third-order valence-electron chi connectivity index (χ3n) is 6.23. The molecule has 1 aromatic heterocycles. The molecule has 11 heteroatoms. The van der Waals surface area contributed by atoms with Crippen molar-refractivity contribution in [1.29, 1.82) is 0 Å². The summed E-state index contributed by atoms with van der Waals surface area (Å²) in [6, 6.07) is 3.75. The van der Waals surface area contributed by atoms with Crippen LogP contribution in [0.4, 0.5) is 10.1 Å². The first-order valence-electron chi connectivity index (χ1n) is 10.4. The van der Waals surface area contributed by atoms with E-state index in [2.05, 4.69) is 15.5 Å². The fraction of sp³-hybridized carbons (Fsp3) is 0.381. The van der Waals surface area contributed by atoms with E-state index in [1.54, 1.807) is 17.0 Å². The number of hydrogen-bond acceptors (Lipinski definition) is 6. The number of amides is 4. The van der Waals surface area contributed by atoms with Crippen LogP contribution in [0.2, 0.25) is 0 Å². The molecule has 2 saturated heterocycles. The number of aromatic amines is 1. The van der Waals surface area contributed by atoms with Gasteiger partial charge in [-0.15, -0.1) is 0 Å². The monoisotopic (exact) mass is 440 g/mol. The fourth-order valence-electron chi connectivity index (χ4n) is 4.51. The minimum absolute atomic E-state index is 0.151. The number of piperidine rings is 1. The van der Waals surface area contributed by atoms with Gasteiger partial charge in [0.2, 0.25) is 11.8 Å². The Labute approximate surface area is 182 Å². The topological polar surface area (TPSA) is 119 Å². The van der Waals surface area contributed by atoms with Crippen molar-refractivity contribution in [3.05, 3.63) is 47.0 Å². The van der Waals surface area contributed by atoms with E-state index in [4.69, 9.17) is 0 Å². The maximum Gasteiger partial charge on any atom is 0.271 e. The molecule has 2 aromatic rings. The number of aromatic nitrogens is 2. The van der Waals surface area contributed by atoms with Gasteiger partial charge in [0.05, 0.1) is 5.69 Å². The first-order chi connectivity index (χ1) is 15.4. The summed E-state index contributed by atoms with van der Waals surface area (Å²) >= 11 is 0. The Hall–Kier alpha value is -3.76. The van der Waals surface area contributed by atoms with Gasteiger partial charge in [0.15, 0.2) is 0 Å². The van der Waals surface area contributed by atoms with Gasteiger partial charge in [-0.2, -0.15) is 5.10 Å². The van der Waals surface area contributed by atoms with Crippen LogP contribution in [0.5, 0.6) is 0 Å². The highest BCUT2D eigenvalue weighted by molar-refractivity contribution is 6.05. The molecular formula is C21H21FN6O4. The maximum atomic E-state index is 14.9. The van der Waals surface area contributed by atoms with Gasteiger partial charge in [-0.05, 0) is 30.2 Å². The first kappa shape index (κ1) is 20.2. The minimum Gasteiger partial charge on any atom is -0.366 e. The van der Waals surface area contributed by atoms with Crippen molar-refractivity contribution in [3.8, 4) is 0 Å². The third-order valence-corrected chi connectivity index (χ3v) is 6.23. The number of halogens is 1. The van der Waals surface area contributed by atoms with Gasteiger partial charge < -0.3 is 14.7 Å². The largest absolute Gasteiger partial charge is 0.366 e. The Bertz CT molecular complexity index is 1110. The molecule has 1 atom stereocenters. The molecule has 5 rings (SSSR count).